The van der Waals surface area contributed by atoms with Crippen molar-refractivity contribution in [2.75, 3.05) is 5.32 Å². The minimum atomic E-state index is 0.00982. The van der Waals surface area contributed by atoms with Gasteiger partial charge in [0.1, 0.15) is 0 Å². The van der Waals surface area contributed by atoms with Crippen molar-refractivity contribution >= 4 is 22.9 Å². The highest BCUT2D eigenvalue weighted by molar-refractivity contribution is 7.09. The molecule has 0 bridgehead atoms. The summed E-state index contributed by atoms with van der Waals surface area (Å²) in [5.41, 5.74) is 3.07. The molecule has 1 aromatic heterocycles. The number of rotatable bonds is 4. The van der Waals surface area contributed by atoms with Gasteiger partial charge in [-0.15, -0.1) is 11.3 Å². The Morgan fingerprint density at radius 2 is 2.00 bits per heavy atom. The average molecular weight is 302 g/mol. The highest BCUT2D eigenvalue weighted by Gasteiger charge is 2.18. The minimum absolute atomic E-state index is 0.00982. The number of hydrogen-bond acceptors (Lipinski definition) is 3. The number of anilines is 1. The predicted molar refractivity (Wildman–Crippen MR) is 88.9 cm³/mol. The third-order valence-electron chi connectivity index (χ3n) is 3.28. The number of nitrogens with one attached hydrogen (secondary N) is 1. The van der Waals surface area contributed by atoms with Gasteiger partial charge in [0, 0.05) is 17.5 Å². The molecule has 0 radical (unpaired) electrons. The van der Waals surface area contributed by atoms with Gasteiger partial charge in [-0.1, -0.05) is 39.0 Å². The topological polar surface area (TPSA) is 42.0 Å². The van der Waals surface area contributed by atoms with Crippen molar-refractivity contribution in [1.82, 2.24) is 4.98 Å². The van der Waals surface area contributed by atoms with Crippen LogP contribution in [0.5, 0.6) is 0 Å². The molecule has 1 amide bonds. The number of thiazole rings is 1. The molecule has 1 N–H and O–H groups in total. The standard InChI is InChI=1S/C17H22N2OS/c1-12-18-13(11-21-12)9-10-16(20)19-15-8-6-5-7-14(15)17(2,3)4/h5-8,11H,9-10H2,1-4H3,(H,19,20). The molecule has 0 atom stereocenters. The molecule has 3 nitrogen and oxygen atoms in total. The van der Waals surface area contributed by atoms with E-state index in [-0.39, 0.29) is 11.3 Å². The van der Waals surface area contributed by atoms with E-state index in [0.29, 0.717) is 12.8 Å². The van der Waals surface area contributed by atoms with Gasteiger partial charge in [-0.2, -0.15) is 0 Å². The SMILES string of the molecule is Cc1nc(CCC(=O)Nc2ccccc2C(C)(C)C)cs1. The van der Waals surface area contributed by atoms with E-state index in [9.17, 15) is 4.79 Å². The molecular weight excluding hydrogens is 280 g/mol. The van der Waals surface area contributed by atoms with E-state index in [2.05, 4.69) is 37.1 Å². The van der Waals surface area contributed by atoms with Gasteiger partial charge in [0.15, 0.2) is 0 Å². The number of para-hydroxylation sites is 1. The number of hydrogen-bond donors (Lipinski definition) is 1. The number of amides is 1. The highest BCUT2D eigenvalue weighted by Crippen LogP contribution is 2.29. The summed E-state index contributed by atoms with van der Waals surface area (Å²) < 4.78 is 0. The summed E-state index contributed by atoms with van der Waals surface area (Å²) >= 11 is 1.62. The van der Waals surface area contributed by atoms with Gasteiger partial charge in [0.05, 0.1) is 10.7 Å². The van der Waals surface area contributed by atoms with Crippen molar-refractivity contribution in [2.24, 2.45) is 0 Å². The van der Waals surface area contributed by atoms with Crippen LogP contribution in [-0.2, 0) is 16.6 Å². The summed E-state index contributed by atoms with van der Waals surface area (Å²) in [6.45, 7) is 8.43. The molecule has 112 valence electrons. The maximum Gasteiger partial charge on any atom is 0.224 e. The van der Waals surface area contributed by atoms with Gasteiger partial charge in [0.2, 0.25) is 5.91 Å². The van der Waals surface area contributed by atoms with Gasteiger partial charge in [0.25, 0.3) is 0 Å². The van der Waals surface area contributed by atoms with Gasteiger partial charge in [-0.05, 0) is 30.4 Å². The van der Waals surface area contributed by atoms with E-state index < -0.39 is 0 Å². The lowest BCUT2D eigenvalue weighted by molar-refractivity contribution is -0.116. The Labute approximate surface area is 130 Å². The summed E-state index contributed by atoms with van der Waals surface area (Å²) in [5.74, 6) is 0.0392. The smallest absolute Gasteiger partial charge is 0.224 e. The van der Waals surface area contributed by atoms with Crippen LogP contribution in [0.1, 0.15) is 43.5 Å². The fraction of sp³-hybridized carbons (Fsp3) is 0.412. The molecule has 0 saturated carbocycles. The molecular formula is C17H22N2OS. The first kappa shape index (κ1) is 15.7. The highest BCUT2D eigenvalue weighted by atomic mass is 32.1. The lowest BCUT2D eigenvalue weighted by Crippen LogP contribution is -2.18. The Bertz CT molecular complexity index is 626. The fourth-order valence-corrected chi connectivity index (χ4v) is 2.87. The molecule has 21 heavy (non-hydrogen) atoms. The molecule has 0 aliphatic heterocycles. The first-order valence-corrected chi connectivity index (χ1v) is 8.04. The Morgan fingerprint density at radius 1 is 1.29 bits per heavy atom. The van der Waals surface area contributed by atoms with Crippen LogP contribution >= 0.6 is 11.3 Å². The second-order valence-electron chi connectivity index (χ2n) is 6.20. The summed E-state index contributed by atoms with van der Waals surface area (Å²) in [4.78, 5) is 16.5. The molecule has 1 aromatic carbocycles. The van der Waals surface area contributed by atoms with Gasteiger partial charge >= 0.3 is 0 Å². The van der Waals surface area contributed by atoms with Crippen molar-refractivity contribution < 1.29 is 4.79 Å². The van der Waals surface area contributed by atoms with Crippen LogP contribution in [0.2, 0.25) is 0 Å². The number of aromatic nitrogens is 1. The van der Waals surface area contributed by atoms with Gasteiger partial charge in [-0.25, -0.2) is 4.98 Å². The minimum Gasteiger partial charge on any atom is -0.326 e. The predicted octanol–water partition coefficient (Wildman–Crippen LogP) is 4.32. The molecule has 0 unspecified atom stereocenters. The van der Waals surface area contributed by atoms with Crippen molar-refractivity contribution in [3.8, 4) is 0 Å². The Kier molecular flexibility index (Phi) is 4.78. The maximum atomic E-state index is 12.1. The van der Waals surface area contributed by atoms with Crippen LogP contribution in [-0.4, -0.2) is 10.9 Å². The average Bonchev–Trinajstić information content (AvgIpc) is 2.82. The zero-order chi connectivity index (χ0) is 15.5. The lowest BCUT2D eigenvalue weighted by atomic mass is 9.86. The summed E-state index contributed by atoms with van der Waals surface area (Å²) in [6.07, 6.45) is 1.15. The molecule has 0 spiro atoms. The first-order chi connectivity index (χ1) is 9.86. The number of benzene rings is 1. The second kappa shape index (κ2) is 6.39. The zero-order valence-electron chi connectivity index (χ0n) is 13.1. The number of nitrogens with zero attached hydrogens (tertiary/aromatic N) is 1. The molecule has 2 rings (SSSR count). The Balaban J connectivity index is 2.00. The van der Waals surface area contributed by atoms with E-state index in [4.69, 9.17) is 0 Å². The van der Waals surface area contributed by atoms with Gasteiger partial charge in [-0.3, -0.25) is 4.79 Å². The van der Waals surface area contributed by atoms with Crippen LogP contribution in [0.25, 0.3) is 0 Å². The van der Waals surface area contributed by atoms with Crippen molar-refractivity contribution in [3.05, 3.63) is 45.9 Å². The second-order valence-corrected chi connectivity index (χ2v) is 7.26. The molecule has 2 aromatic rings. The van der Waals surface area contributed by atoms with Gasteiger partial charge < -0.3 is 5.32 Å². The number of aryl methyl sites for hydroxylation is 2. The van der Waals surface area contributed by atoms with E-state index >= 15 is 0 Å². The molecule has 0 saturated heterocycles. The largest absolute Gasteiger partial charge is 0.326 e. The normalized spacial score (nSPS) is 11.4. The van der Waals surface area contributed by atoms with E-state index in [0.717, 1.165) is 22.0 Å². The van der Waals surface area contributed by atoms with E-state index in [1.807, 2.05) is 30.5 Å². The molecule has 4 heteroatoms. The fourth-order valence-electron chi connectivity index (χ4n) is 2.22. The monoisotopic (exact) mass is 302 g/mol. The number of carbonyl (C=O) groups excluding carboxylic acids is 1. The quantitative estimate of drug-likeness (QED) is 0.914. The van der Waals surface area contributed by atoms with Crippen LogP contribution < -0.4 is 5.32 Å². The summed E-state index contributed by atoms with van der Waals surface area (Å²) in [7, 11) is 0. The molecule has 0 aliphatic carbocycles. The van der Waals surface area contributed by atoms with Crippen LogP contribution in [0.3, 0.4) is 0 Å². The van der Waals surface area contributed by atoms with Crippen molar-refractivity contribution in [3.63, 3.8) is 0 Å². The molecule has 0 aliphatic rings. The van der Waals surface area contributed by atoms with E-state index in [1.54, 1.807) is 11.3 Å². The zero-order valence-corrected chi connectivity index (χ0v) is 13.9. The summed E-state index contributed by atoms with van der Waals surface area (Å²) in [6, 6.07) is 7.99. The Hall–Kier alpha value is -1.68. The summed E-state index contributed by atoms with van der Waals surface area (Å²) in [5, 5.41) is 6.10. The van der Waals surface area contributed by atoms with Crippen molar-refractivity contribution in [2.45, 2.75) is 46.0 Å². The molecule has 0 fully saturated rings. The third-order valence-corrected chi connectivity index (χ3v) is 4.11. The number of carbonyl (C=O) groups is 1. The van der Waals surface area contributed by atoms with Crippen LogP contribution in [0, 0.1) is 6.92 Å². The van der Waals surface area contributed by atoms with Crippen LogP contribution in [0.4, 0.5) is 5.69 Å². The van der Waals surface area contributed by atoms with Crippen LogP contribution in [0.15, 0.2) is 29.6 Å². The Morgan fingerprint density at radius 3 is 2.62 bits per heavy atom. The maximum absolute atomic E-state index is 12.1. The van der Waals surface area contributed by atoms with E-state index in [1.165, 1.54) is 0 Å². The molecule has 1 heterocycles. The van der Waals surface area contributed by atoms with Crippen molar-refractivity contribution in [1.29, 1.82) is 0 Å². The lowest BCUT2D eigenvalue weighted by Gasteiger charge is -2.23. The first-order valence-electron chi connectivity index (χ1n) is 7.16. The third kappa shape index (κ3) is 4.39.